The van der Waals surface area contributed by atoms with Crippen LogP contribution >= 0.6 is 30.4 Å². The number of hydrogen-bond donors (Lipinski definition) is 10. The Labute approximate surface area is 144 Å². The van der Waals surface area contributed by atoms with E-state index in [4.69, 9.17) is 39.1 Å². The van der Waals surface area contributed by atoms with Crippen molar-refractivity contribution in [1.29, 1.82) is 0 Å². The van der Waals surface area contributed by atoms with E-state index >= 15 is 0 Å². The summed E-state index contributed by atoms with van der Waals surface area (Å²) in [7, 11) is -23.7. The predicted molar refractivity (Wildman–Crippen MR) is 82.4 cm³/mol. The molecule has 26 heavy (non-hydrogen) atoms. The molecule has 0 amide bonds. The molecule has 0 aromatic heterocycles. The van der Waals surface area contributed by atoms with Gasteiger partial charge < -0.3 is 49.4 Å². The van der Waals surface area contributed by atoms with Gasteiger partial charge in [0.25, 0.3) is 10.2 Å². The van der Waals surface area contributed by atoms with E-state index in [1.54, 1.807) is 0 Å². The maximum Gasteiger partial charge on any atom is 0.374 e. The highest BCUT2D eigenvalue weighted by Gasteiger charge is 2.63. The van der Waals surface area contributed by atoms with Gasteiger partial charge in [0, 0.05) is 11.1 Å². The van der Waals surface area contributed by atoms with Crippen molar-refractivity contribution in [2.45, 2.75) is 10.2 Å². The first-order valence-electron chi connectivity index (χ1n) is 5.99. The lowest BCUT2D eigenvalue weighted by Crippen LogP contribution is -2.28. The molecule has 18 heteroatoms. The molecule has 0 aliphatic carbocycles. The summed E-state index contributed by atoms with van der Waals surface area (Å²) in [6.07, 6.45) is 0. The molecular weight excluding hydrogens is 444 g/mol. The molecule has 0 fully saturated rings. The van der Waals surface area contributed by atoms with Gasteiger partial charge in [0.1, 0.15) is 0 Å². The summed E-state index contributed by atoms with van der Waals surface area (Å²) in [5.74, 6) is 0. The molecule has 1 rings (SSSR count). The van der Waals surface area contributed by atoms with Crippen LogP contribution in [0.15, 0.2) is 24.3 Å². The van der Waals surface area contributed by atoms with Crippen molar-refractivity contribution in [1.82, 2.24) is 0 Å². The second kappa shape index (κ2) is 6.66. The fourth-order valence-electron chi connectivity index (χ4n) is 1.93. The van der Waals surface area contributed by atoms with E-state index in [0.29, 0.717) is 24.3 Å². The summed E-state index contributed by atoms with van der Waals surface area (Å²) in [6, 6.07) is 1.29. The van der Waals surface area contributed by atoms with Crippen molar-refractivity contribution in [2.24, 2.45) is 0 Å². The normalized spacial score (nSPS) is 15.2. The summed E-state index contributed by atoms with van der Waals surface area (Å²) >= 11 is 0. The van der Waals surface area contributed by atoms with Gasteiger partial charge >= 0.3 is 30.4 Å². The van der Waals surface area contributed by atoms with Crippen LogP contribution in [0.2, 0.25) is 0 Å². The zero-order valence-electron chi connectivity index (χ0n) is 12.2. The van der Waals surface area contributed by atoms with E-state index in [9.17, 15) is 28.5 Å². The Morgan fingerprint density at radius 3 is 0.769 bits per heavy atom. The van der Waals surface area contributed by atoms with E-state index in [1.807, 2.05) is 0 Å². The molecule has 150 valence electrons. The average Bonchev–Trinajstić information content (AvgIpc) is 2.40. The first kappa shape index (κ1) is 23.8. The zero-order chi connectivity index (χ0) is 21.0. The topological polar surface area (TPSA) is 271 Å². The molecular formula is C8H14O14P4. The average molecular weight is 458 g/mol. The molecule has 0 spiro atoms. The van der Waals surface area contributed by atoms with Gasteiger partial charge in [-0.05, 0) is 0 Å². The molecule has 0 saturated carbocycles. The van der Waals surface area contributed by atoms with Crippen LogP contribution in [0.25, 0.3) is 0 Å². The van der Waals surface area contributed by atoms with Crippen LogP contribution in [-0.2, 0) is 28.4 Å². The van der Waals surface area contributed by atoms with Crippen molar-refractivity contribution in [2.75, 3.05) is 0 Å². The Balaban J connectivity index is 3.72. The molecule has 0 radical (unpaired) electrons. The van der Waals surface area contributed by atoms with Crippen LogP contribution in [0.3, 0.4) is 0 Å². The Hall–Kier alpha value is -0.260. The van der Waals surface area contributed by atoms with Gasteiger partial charge in [-0.3, -0.25) is 18.3 Å². The SMILES string of the molecule is O=P(O)(O)C(O)(c1ccc(C(O)(P(=O)(O)O)P(=O)(O)O)cc1)P(=O)(O)O. The minimum absolute atomic E-state index is 0.323. The summed E-state index contributed by atoms with van der Waals surface area (Å²) in [4.78, 5) is 72.7. The summed E-state index contributed by atoms with van der Waals surface area (Å²) in [5, 5.41) is 11.7. The number of rotatable bonds is 6. The molecule has 0 saturated heterocycles. The maximum atomic E-state index is 11.4. The summed E-state index contributed by atoms with van der Waals surface area (Å²) in [5.41, 5.74) is -2.27. The van der Waals surface area contributed by atoms with Crippen LogP contribution in [-0.4, -0.2) is 49.4 Å². The van der Waals surface area contributed by atoms with Crippen LogP contribution in [0.5, 0.6) is 0 Å². The zero-order valence-corrected chi connectivity index (χ0v) is 15.8. The van der Waals surface area contributed by atoms with E-state index in [1.165, 1.54) is 0 Å². The summed E-state index contributed by atoms with van der Waals surface area (Å²) in [6.45, 7) is 0. The minimum atomic E-state index is -5.93. The molecule has 0 atom stereocenters. The largest absolute Gasteiger partial charge is 0.374 e. The minimum Gasteiger partial charge on any atom is -0.364 e. The van der Waals surface area contributed by atoms with Crippen LogP contribution < -0.4 is 0 Å². The van der Waals surface area contributed by atoms with E-state index in [0.717, 1.165) is 0 Å². The number of hydrogen-bond acceptors (Lipinski definition) is 6. The third-order valence-corrected chi connectivity index (χ3v) is 10.7. The van der Waals surface area contributed by atoms with Gasteiger partial charge in [0.05, 0.1) is 0 Å². The van der Waals surface area contributed by atoms with Crippen molar-refractivity contribution in [3.05, 3.63) is 35.4 Å². The first-order valence-corrected chi connectivity index (χ1v) is 12.4. The standard InChI is InChI=1S/C8H14O14P4/c9-7(23(11,12)13,24(14,15)16)5-1-2-6(4-3-5)8(10,25(17,18)19)26(20,21)22/h1-4,9-10H,(H2,11,12,13)(H2,14,15,16)(H2,17,18,19)(H2,20,21,22). The molecule has 0 heterocycles. The van der Waals surface area contributed by atoms with Gasteiger partial charge in [0.2, 0.25) is 0 Å². The third-order valence-electron chi connectivity index (χ3n) is 3.28. The highest BCUT2D eigenvalue weighted by atomic mass is 31.2. The van der Waals surface area contributed by atoms with Gasteiger partial charge in [0.15, 0.2) is 0 Å². The fraction of sp³-hybridized carbons (Fsp3) is 0.250. The molecule has 10 N–H and O–H groups in total. The lowest BCUT2D eigenvalue weighted by atomic mass is 10.1. The predicted octanol–water partition coefficient (Wildman–Crippen LogP) is -1.40. The van der Waals surface area contributed by atoms with Crippen LogP contribution in [0.1, 0.15) is 11.1 Å². The smallest absolute Gasteiger partial charge is 0.364 e. The second-order valence-corrected chi connectivity index (χ2v) is 12.7. The van der Waals surface area contributed by atoms with Gasteiger partial charge in [-0.2, -0.15) is 0 Å². The highest BCUT2D eigenvalue weighted by Crippen LogP contribution is 2.74. The van der Waals surface area contributed by atoms with Gasteiger partial charge in [-0.1, -0.05) is 24.3 Å². The first-order chi connectivity index (χ1) is 11.2. The Morgan fingerprint density at radius 2 is 0.654 bits per heavy atom. The van der Waals surface area contributed by atoms with Crippen LogP contribution in [0, 0.1) is 0 Å². The van der Waals surface area contributed by atoms with E-state index in [-0.39, 0.29) is 0 Å². The van der Waals surface area contributed by atoms with Gasteiger partial charge in [-0.25, -0.2) is 0 Å². The van der Waals surface area contributed by atoms with Crippen molar-refractivity contribution >= 4 is 30.4 Å². The highest BCUT2D eigenvalue weighted by molar-refractivity contribution is 7.71. The Kier molecular flexibility index (Phi) is 6.10. The molecule has 0 aliphatic heterocycles. The lowest BCUT2D eigenvalue weighted by molar-refractivity contribution is 0.127. The maximum absolute atomic E-state index is 11.4. The molecule has 1 aromatic rings. The molecule has 0 bridgehead atoms. The summed E-state index contributed by atoms with van der Waals surface area (Å²) < 4.78 is 45.4. The monoisotopic (exact) mass is 458 g/mol. The van der Waals surface area contributed by atoms with Crippen molar-refractivity contribution < 1.29 is 67.6 Å². The second-order valence-electron chi connectivity index (χ2n) is 5.02. The fourth-order valence-corrected chi connectivity index (χ4v) is 6.59. The van der Waals surface area contributed by atoms with Crippen LogP contribution in [0.4, 0.5) is 0 Å². The van der Waals surface area contributed by atoms with Gasteiger partial charge in [-0.15, -0.1) is 0 Å². The molecule has 0 aliphatic rings. The Morgan fingerprint density at radius 1 is 0.500 bits per heavy atom. The van der Waals surface area contributed by atoms with E-state index in [2.05, 4.69) is 0 Å². The number of aliphatic hydroxyl groups is 2. The molecule has 0 unspecified atom stereocenters. The van der Waals surface area contributed by atoms with Crippen molar-refractivity contribution in [3.63, 3.8) is 0 Å². The molecule has 14 nitrogen and oxygen atoms in total. The number of benzene rings is 1. The Bertz CT molecular complexity index is 750. The van der Waals surface area contributed by atoms with Crippen molar-refractivity contribution in [3.8, 4) is 0 Å². The third kappa shape index (κ3) is 3.68. The quantitative estimate of drug-likeness (QED) is 0.220. The lowest BCUT2D eigenvalue weighted by Gasteiger charge is -2.31. The molecule has 1 aromatic carbocycles. The van der Waals surface area contributed by atoms with E-state index < -0.39 is 51.7 Å².